The van der Waals surface area contributed by atoms with E-state index in [1.165, 1.54) is 17.3 Å². The Morgan fingerprint density at radius 1 is 1.20 bits per heavy atom. The van der Waals surface area contributed by atoms with Gasteiger partial charge in [-0.1, -0.05) is 6.07 Å². The maximum atomic E-state index is 13.1. The number of rotatable bonds is 3. The van der Waals surface area contributed by atoms with Gasteiger partial charge in [-0.05, 0) is 54.3 Å². The summed E-state index contributed by atoms with van der Waals surface area (Å²) >= 11 is 0. The lowest BCUT2D eigenvalue weighted by Crippen LogP contribution is -2.49. The lowest BCUT2D eigenvalue weighted by atomic mass is 10.0. The van der Waals surface area contributed by atoms with Crippen molar-refractivity contribution in [2.45, 2.75) is 43.0 Å². The fourth-order valence-electron chi connectivity index (χ4n) is 4.02. The van der Waals surface area contributed by atoms with E-state index in [0.29, 0.717) is 24.1 Å². The summed E-state index contributed by atoms with van der Waals surface area (Å²) in [6.07, 6.45) is 5.58. The number of benzene rings is 1. The van der Waals surface area contributed by atoms with E-state index in [1.807, 2.05) is 11.0 Å². The second-order valence-corrected chi connectivity index (χ2v) is 9.15. The van der Waals surface area contributed by atoms with E-state index < -0.39 is 9.84 Å². The van der Waals surface area contributed by atoms with Crippen LogP contribution < -0.4 is 0 Å². The van der Waals surface area contributed by atoms with Gasteiger partial charge >= 0.3 is 0 Å². The van der Waals surface area contributed by atoms with Crippen molar-refractivity contribution in [1.29, 1.82) is 0 Å². The molecule has 3 heterocycles. The van der Waals surface area contributed by atoms with Gasteiger partial charge in [0.25, 0.3) is 5.91 Å². The molecule has 1 aromatic carbocycles. The van der Waals surface area contributed by atoms with Crippen LogP contribution >= 0.6 is 0 Å². The molecule has 2 unspecified atom stereocenters. The highest BCUT2D eigenvalue weighted by molar-refractivity contribution is 7.91. The normalized spacial score (nSPS) is 26.0. The molecule has 8 nitrogen and oxygen atoms in total. The number of carbonyl (C=O) groups excluding carboxylic acids is 1. The Kier molecular flexibility index (Phi) is 3.82. The van der Waals surface area contributed by atoms with Gasteiger partial charge in [-0.2, -0.15) is 0 Å². The molecule has 2 saturated heterocycles. The smallest absolute Gasteiger partial charge is 0.254 e. The number of hydrogen-bond donors (Lipinski definition) is 0. The quantitative estimate of drug-likeness (QED) is 0.803. The number of piperidine rings is 1. The summed E-state index contributed by atoms with van der Waals surface area (Å²) in [4.78, 5) is 14.9. The van der Waals surface area contributed by atoms with Gasteiger partial charge < -0.3 is 4.90 Å². The average Bonchev–Trinajstić information content (AvgIpc) is 3.20. The van der Waals surface area contributed by atoms with Crippen molar-refractivity contribution in [2.75, 3.05) is 6.26 Å². The number of tetrazole rings is 1. The lowest BCUT2D eigenvalue weighted by Gasteiger charge is -2.38. The predicted octanol–water partition coefficient (Wildman–Crippen LogP) is 0.842. The minimum Gasteiger partial charge on any atom is -0.333 e. The molecule has 4 rings (SSSR count). The lowest BCUT2D eigenvalue weighted by molar-refractivity contribution is 0.0598. The van der Waals surface area contributed by atoms with Crippen molar-refractivity contribution in [3.63, 3.8) is 0 Å². The van der Waals surface area contributed by atoms with Crippen LogP contribution in [0.4, 0.5) is 0 Å². The third kappa shape index (κ3) is 2.92. The molecule has 2 aliphatic heterocycles. The summed E-state index contributed by atoms with van der Waals surface area (Å²) in [6, 6.07) is 7.18. The molecule has 25 heavy (non-hydrogen) atoms. The van der Waals surface area contributed by atoms with Gasteiger partial charge in [-0.3, -0.25) is 4.79 Å². The van der Waals surface area contributed by atoms with E-state index in [4.69, 9.17) is 0 Å². The van der Waals surface area contributed by atoms with E-state index in [1.54, 1.807) is 18.2 Å². The first-order chi connectivity index (χ1) is 11.9. The largest absolute Gasteiger partial charge is 0.333 e. The third-order valence-electron chi connectivity index (χ3n) is 5.24. The highest BCUT2D eigenvalue weighted by Gasteiger charge is 2.46. The predicted molar refractivity (Wildman–Crippen MR) is 90.0 cm³/mol. The molecular weight excluding hydrogens is 342 g/mol. The number of sulfone groups is 1. The van der Waals surface area contributed by atoms with E-state index in [0.717, 1.165) is 12.8 Å². The summed E-state index contributed by atoms with van der Waals surface area (Å²) in [5.41, 5.74) is 1.29. The van der Waals surface area contributed by atoms with E-state index in [9.17, 15) is 13.2 Å². The number of nitrogens with zero attached hydrogens (tertiary/aromatic N) is 5. The molecule has 0 spiro atoms. The van der Waals surface area contributed by atoms with Crippen molar-refractivity contribution >= 4 is 15.7 Å². The maximum absolute atomic E-state index is 13.1. The van der Waals surface area contributed by atoms with Gasteiger partial charge in [0.2, 0.25) is 0 Å². The van der Waals surface area contributed by atoms with Crippen molar-refractivity contribution < 1.29 is 13.2 Å². The molecule has 1 amide bonds. The standard InChI is InChI=1S/C16H19N5O3S/c1-25(23,24)15-8-13-5-6-14(9-15)21(13)16(22)11-3-2-4-12(7-11)20-10-17-18-19-20/h2-4,7,10,13-15H,5-6,8-9H2,1H3. The van der Waals surface area contributed by atoms with E-state index in [-0.39, 0.29) is 23.2 Å². The van der Waals surface area contributed by atoms with Crippen LogP contribution in [0.2, 0.25) is 0 Å². The number of aromatic nitrogens is 4. The average molecular weight is 361 g/mol. The molecule has 2 atom stereocenters. The van der Waals surface area contributed by atoms with Crippen molar-refractivity contribution in [3.05, 3.63) is 36.2 Å². The Morgan fingerprint density at radius 3 is 2.52 bits per heavy atom. The van der Waals surface area contributed by atoms with Gasteiger partial charge in [0.15, 0.2) is 0 Å². The molecule has 132 valence electrons. The van der Waals surface area contributed by atoms with Crippen LogP contribution in [0.25, 0.3) is 5.69 Å². The second-order valence-electron chi connectivity index (χ2n) is 6.83. The first kappa shape index (κ1) is 16.2. The highest BCUT2D eigenvalue weighted by Crippen LogP contribution is 2.39. The SMILES string of the molecule is CS(=O)(=O)C1CC2CCC(C1)N2C(=O)c1cccc(-n2cnnn2)c1. The third-order valence-corrected chi connectivity index (χ3v) is 6.83. The van der Waals surface area contributed by atoms with Crippen LogP contribution in [0.1, 0.15) is 36.0 Å². The monoisotopic (exact) mass is 361 g/mol. The molecule has 9 heteroatoms. The van der Waals surface area contributed by atoms with Gasteiger partial charge in [0.1, 0.15) is 16.2 Å². The summed E-state index contributed by atoms with van der Waals surface area (Å²) < 4.78 is 25.3. The summed E-state index contributed by atoms with van der Waals surface area (Å²) in [5, 5.41) is 10.7. The number of fused-ring (bicyclic) bond motifs is 2. The number of amides is 1. The second kappa shape index (κ2) is 5.91. The van der Waals surface area contributed by atoms with Crippen LogP contribution in [-0.4, -0.2) is 63.0 Å². The van der Waals surface area contributed by atoms with E-state index in [2.05, 4.69) is 15.5 Å². The molecule has 2 fully saturated rings. The fourth-order valence-corrected chi connectivity index (χ4v) is 5.16. The topological polar surface area (TPSA) is 98.1 Å². The van der Waals surface area contributed by atoms with Crippen LogP contribution in [0.3, 0.4) is 0 Å². The fraction of sp³-hybridized carbons (Fsp3) is 0.500. The highest BCUT2D eigenvalue weighted by atomic mass is 32.2. The Bertz CT molecular complexity index is 882. The zero-order valence-corrected chi connectivity index (χ0v) is 14.6. The maximum Gasteiger partial charge on any atom is 0.254 e. The minimum atomic E-state index is -3.07. The molecule has 2 aliphatic rings. The molecule has 0 saturated carbocycles. The van der Waals surface area contributed by atoms with Gasteiger partial charge in [-0.25, -0.2) is 13.1 Å². The Hall–Kier alpha value is -2.29. The summed E-state index contributed by atoms with van der Waals surface area (Å²) in [6.45, 7) is 0. The molecule has 2 aromatic rings. The number of carbonyl (C=O) groups is 1. The first-order valence-corrected chi connectivity index (χ1v) is 10.2. The van der Waals surface area contributed by atoms with E-state index >= 15 is 0 Å². The molecule has 2 bridgehead atoms. The Labute approximate surface area is 145 Å². The van der Waals surface area contributed by atoms with Crippen LogP contribution in [0, 0.1) is 0 Å². The first-order valence-electron chi connectivity index (χ1n) is 8.28. The Morgan fingerprint density at radius 2 is 1.92 bits per heavy atom. The summed E-state index contributed by atoms with van der Waals surface area (Å²) in [7, 11) is -3.07. The van der Waals surface area contributed by atoms with Gasteiger partial charge in [-0.15, -0.1) is 5.10 Å². The summed E-state index contributed by atoms with van der Waals surface area (Å²) in [5.74, 6) is -0.0469. The molecule has 0 radical (unpaired) electrons. The molecule has 0 N–H and O–H groups in total. The zero-order chi connectivity index (χ0) is 17.6. The van der Waals surface area contributed by atoms with Gasteiger partial charge in [0, 0.05) is 23.9 Å². The van der Waals surface area contributed by atoms with Crippen LogP contribution in [0.15, 0.2) is 30.6 Å². The molecule has 1 aromatic heterocycles. The van der Waals surface area contributed by atoms with Crippen molar-refractivity contribution in [2.24, 2.45) is 0 Å². The number of hydrogen-bond acceptors (Lipinski definition) is 6. The Balaban J connectivity index is 1.59. The van der Waals surface area contributed by atoms with Crippen LogP contribution in [-0.2, 0) is 9.84 Å². The zero-order valence-electron chi connectivity index (χ0n) is 13.8. The molecular formula is C16H19N5O3S. The molecule has 0 aliphatic carbocycles. The van der Waals surface area contributed by atoms with Crippen molar-refractivity contribution in [3.8, 4) is 5.69 Å². The minimum absolute atomic E-state index is 0.00247. The van der Waals surface area contributed by atoms with Gasteiger partial charge in [0.05, 0.1) is 10.9 Å². The van der Waals surface area contributed by atoms with Crippen molar-refractivity contribution in [1.82, 2.24) is 25.1 Å². The van der Waals surface area contributed by atoms with Crippen LogP contribution in [0.5, 0.6) is 0 Å².